The summed E-state index contributed by atoms with van der Waals surface area (Å²) in [5.41, 5.74) is 9.62. The largest absolute Gasteiger partial charge is 0.380 e. The number of ether oxygens (including phenoxy) is 1. The summed E-state index contributed by atoms with van der Waals surface area (Å²) in [7, 11) is 1.66. The molecular formula is C16H25N3O. The summed E-state index contributed by atoms with van der Waals surface area (Å²) in [5, 5.41) is 0. The normalized spacial score (nSPS) is 15.5. The summed E-state index contributed by atoms with van der Waals surface area (Å²) in [6.07, 6.45) is 1.03. The third-order valence-corrected chi connectivity index (χ3v) is 4.36. The molecule has 1 aromatic heterocycles. The molecule has 0 saturated heterocycles. The Kier molecular flexibility index (Phi) is 4.16. The number of H-pyrrole nitrogens is 1. The third-order valence-electron chi connectivity index (χ3n) is 4.36. The van der Waals surface area contributed by atoms with Gasteiger partial charge in [0.25, 0.3) is 0 Å². The second-order valence-corrected chi connectivity index (χ2v) is 6.06. The molecule has 0 aliphatic carbocycles. The lowest BCUT2D eigenvalue weighted by Gasteiger charge is -2.23. The third kappa shape index (κ3) is 2.72. The summed E-state index contributed by atoms with van der Waals surface area (Å²) in [6.45, 7) is 8.66. The van der Waals surface area contributed by atoms with E-state index in [2.05, 4.69) is 48.9 Å². The average Bonchev–Trinajstić information content (AvgIpc) is 2.88. The van der Waals surface area contributed by atoms with E-state index in [0.29, 0.717) is 0 Å². The lowest BCUT2D eigenvalue weighted by molar-refractivity contribution is 0.0935. The van der Waals surface area contributed by atoms with Crippen LogP contribution in [0.25, 0.3) is 11.0 Å². The first-order chi connectivity index (χ1) is 9.39. The second-order valence-electron chi connectivity index (χ2n) is 6.06. The van der Waals surface area contributed by atoms with Crippen LogP contribution in [0.15, 0.2) is 18.2 Å². The van der Waals surface area contributed by atoms with Crippen molar-refractivity contribution in [3.63, 3.8) is 0 Å². The van der Waals surface area contributed by atoms with Crippen LogP contribution in [0.3, 0.4) is 0 Å². The maximum atomic E-state index is 6.14. The highest BCUT2D eigenvalue weighted by Crippen LogP contribution is 2.29. The van der Waals surface area contributed by atoms with E-state index >= 15 is 0 Å². The minimum absolute atomic E-state index is 0.0675. The molecule has 4 nitrogen and oxygen atoms in total. The van der Waals surface area contributed by atoms with E-state index in [1.807, 2.05) is 6.92 Å². The molecule has 4 heteroatoms. The van der Waals surface area contributed by atoms with Gasteiger partial charge in [0.05, 0.1) is 23.2 Å². The van der Waals surface area contributed by atoms with Gasteiger partial charge in [0.1, 0.15) is 5.82 Å². The highest BCUT2D eigenvalue weighted by molar-refractivity contribution is 5.76. The number of aromatic amines is 1. The zero-order valence-electron chi connectivity index (χ0n) is 13.0. The SMILES string of the molecule is CCC(C)(C)c1ccc2nc([C@@H](N)[C@@H](C)OC)[nH]c2c1. The van der Waals surface area contributed by atoms with Crippen LogP contribution in [-0.2, 0) is 10.2 Å². The van der Waals surface area contributed by atoms with Gasteiger partial charge in [-0.25, -0.2) is 4.98 Å². The number of imidazole rings is 1. The van der Waals surface area contributed by atoms with E-state index in [-0.39, 0.29) is 17.6 Å². The molecule has 1 aromatic carbocycles. The van der Waals surface area contributed by atoms with E-state index in [0.717, 1.165) is 23.3 Å². The first-order valence-electron chi connectivity index (χ1n) is 7.17. The number of fused-ring (bicyclic) bond motifs is 1. The molecule has 2 atom stereocenters. The second kappa shape index (κ2) is 5.54. The molecule has 2 rings (SSSR count). The molecule has 0 saturated carbocycles. The molecule has 110 valence electrons. The lowest BCUT2D eigenvalue weighted by atomic mass is 9.82. The molecule has 0 amide bonds. The van der Waals surface area contributed by atoms with Crippen LogP contribution >= 0.6 is 0 Å². The number of hydrogen-bond donors (Lipinski definition) is 2. The number of rotatable bonds is 5. The van der Waals surface area contributed by atoms with Crippen LogP contribution in [0.4, 0.5) is 0 Å². The van der Waals surface area contributed by atoms with Gasteiger partial charge in [0.15, 0.2) is 0 Å². The molecule has 0 spiro atoms. The first kappa shape index (κ1) is 15.0. The van der Waals surface area contributed by atoms with Crippen molar-refractivity contribution >= 4 is 11.0 Å². The number of methoxy groups -OCH3 is 1. The molecule has 0 bridgehead atoms. The molecule has 2 aromatic rings. The molecule has 20 heavy (non-hydrogen) atoms. The average molecular weight is 275 g/mol. The molecule has 1 heterocycles. The van der Waals surface area contributed by atoms with Crippen molar-refractivity contribution in [2.24, 2.45) is 5.73 Å². The van der Waals surface area contributed by atoms with E-state index in [9.17, 15) is 0 Å². The Labute approximate surface area is 120 Å². The monoisotopic (exact) mass is 275 g/mol. The van der Waals surface area contributed by atoms with Crippen LogP contribution in [-0.4, -0.2) is 23.2 Å². The molecule has 0 unspecified atom stereocenters. The molecule has 3 N–H and O–H groups in total. The van der Waals surface area contributed by atoms with Crippen LogP contribution in [0.2, 0.25) is 0 Å². The quantitative estimate of drug-likeness (QED) is 0.880. The molecular weight excluding hydrogens is 250 g/mol. The van der Waals surface area contributed by atoms with Crippen molar-refractivity contribution in [2.75, 3.05) is 7.11 Å². The number of benzene rings is 1. The van der Waals surface area contributed by atoms with Gasteiger partial charge >= 0.3 is 0 Å². The van der Waals surface area contributed by atoms with E-state index in [1.54, 1.807) is 7.11 Å². The van der Waals surface area contributed by atoms with Crippen molar-refractivity contribution in [3.05, 3.63) is 29.6 Å². The Morgan fingerprint density at radius 1 is 1.40 bits per heavy atom. The fraction of sp³-hybridized carbons (Fsp3) is 0.562. The summed E-state index contributed by atoms with van der Waals surface area (Å²) < 4.78 is 5.27. The summed E-state index contributed by atoms with van der Waals surface area (Å²) >= 11 is 0. The number of aromatic nitrogens is 2. The number of hydrogen-bond acceptors (Lipinski definition) is 3. The van der Waals surface area contributed by atoms with E-state index < -0.39 is 0 Å². The van der Waals surface area contributed by atoms with E-state index in [4.69, 9.17) is 10.5 Å². The van der Waals surface area contributed by atoms with Crippen molar-refractivity contribution < 1.29 is 4.74 Å². The van der Waals surface area contributed by atoms with Crippen LogP contribution < -0.4 is 5.73 Å². The van der Waals surface area contributed by atoms with Crippen molar-refractivity contribution in [1.82, 2.24) is 9.97 Å². The predicted molar refractivity (Wildman–Crippen MR) is 82.8 cm³/mol. The van der Waals surface area contributed by atoms with Crippen LogP contribution in [0, 0.1) is 0 Å². The van der Waals surface area contributed by atoms with Gasteiger partial charge in [-0.2, -0.15) is 0 Å². The Hall–Kier alpha value is -1.39. The zero-order valence-corrected chi connectivity index (χ0v) is 13.0. The highest BCUT2D eigenvalue weighted by Gasteiger charge is 2.21. The first-order valence-corrected chi connectivity index (χ1v) is 7.17. The standard InChI is InChI=1S/C16H25N3O/c1-6-16(3,4)11-7-8-12-13(9-11)19-15(18-12)14(17)10(2)20-5/h7-10,14H,6,17H2,1-5H3,(H,18,19)/t10-,14+/m1/s1. The fourth-order valence-electron chi connectivity index (χ4n) is 2.18. The number of nitrogens with two attached hydrogens (primary N) is 1. The molecule has 0 aliphatic rings. The predicted octanol–water partition coefficient (Wildman–Crippen LogP) is 3.29. The smallest absolute Gasteiger partial charge is 0.126 e. The Morgan fingerprint density at radius 3 is 2.70 bits per heavy atom. The lowest BCUT2D eigenvalue weighted by Crippen LogP contribution is -2.26. The van der Waals surface area contributed by atoms with Crippen LogP contribution in [0.5, 0.6) is 0 Å². The van der Waals surface area contributed by atoms with Gasteiger partial charge in [0.2, 0.25) is 0 Å². The minimum Gasteiger partial charge on any atom is -0.380 e. The van der Waals surface area contributed by atoms with Gasteiger partial charge in [0, 0.05) is 7.11 Å². The van der Waals surface area contributed by atoms with Crippen molar-refractivity contribution in [2.45, 2.75) is 51.7 Å². The topological polar surface area (TPSA) is 63.9 Å². The summed E-state index contributed by atoms with van der Waals surface area (Å²) in [5.74, 6) is 0.779. The molecule has 0 fully saturated rings. The maximum Gasteiger partial charge on any atom is 0.126 e. The van der Waals surface area contributed by atoms with Gasteiger partial charge < -0.3 is 15.5 Å². The summed E-state index contributed by atoms with van der Waals surface area (Å²) in [4.78, 5) is 7.90. The number of nitrogens with one attached hydrogen (secondary N) is 1. The maximum absolute atomic E-state index is 6.14. The highest BCUT2D eigenvalue weighted by atomic mass is 16.5. The Balaban J connectivity index is 2.40. The van der Waals surface area contributed by atoms with Gasteiger partial charge in [-0.15, -0.1) is 0 Å². The molecule has 0 aliphatic heterocycles. The van der Waals surface area contributed by atoms with Gasteiger partial charge in [-0.1, -0.05) is 26.8 Å². The zero-order chi connectivity index (χ0) is 14.9. The van der Waals surface area contributed by atoms with Gasteiger partial charge in [-0.05, 0) is 36.5 Å². The minimum atomic E-state index is -0.241. The van der Waals surface area contributed by atoms with E-state index in [1.165, 1.54) is 5.56 Å². The number of nitrogens with zero attached hydrogens (tertiary/aromatic N) is 1. The van der Waals surface area contributed by atoms with Crippen molar-refractivity contribution in [3.8, 4) is 0 Å². The molecule has 0 radical (unpaired) electrons. The Bertz CT molecular complexity index is 588. The fourth-order valence-corrected chi connectivity index (χ4v) is 2.18. The summed E-state index contributed by atoms with van der Waals surface area (Å²) in [6, 6.07) is 6.16. The Morgan fingerprint density at radius 2 is 2.10 bits per heavy atom. The van der Waals surface area contributed by atoms with Gasteiger partial charge in [-0.3, -0.25) is 0 Å². The van der Waals surface area contributed by atoms with Crippen LogP contribution in [0.1, 0.15) is 51.5 Å². The van der Waals surface area contributed by atoms with Crippen molar-refractivity contribution in [1.29, 1.82) is 0 Å².